The molecule has 1 aliphatic carbocycles. The van der Waals surface area contributed by atoms with Crippen molar-refractivity contribution in [1.82, 2.24) is 14.8 Å². The third-order valence-electron chi connectivity index (χ3n) is 9.15. The summed E-state index contributed by atoms with van der Waals surface area (Å²) in [4.78, 5) is 31.4. The molecule has 204 valence electrons. The predicted molar refractivity (Wildman–Crippen MR) is 155 cm³/mol. The zero-order valence-corrected chi connectivity index (χ0v) is 23.1. The highest BCUT2D eigenvalue weighted by atomic mass is 16.2. The molecule has 1 atom stereocenters. The van der Waals surface area contributed by atoms with E-state index in [0.717, 1.165) is 29.9 Å². The summed E-state index contributed by atoms with van der Waals surface area (Å²) in [6.45, 7) is 2.81. The van der Waals surface area contributed by atoms with Crippen molar-refractivity contribution in [2.45, 2.75) is 76.4 Å². The molecule has 3 aromatic rings. The van der Waals surface area contributed by atoms with Crippen LogP contribution in [0, 0.1) is 0 Å². The Morgan fingerprint density at radius 1 is 0.872 bits per heavy atom. The fourth-order valence-corrected chi connectivity index (χ4v) is 6.82. The number of benzene rings is 2. The molecule has 2 aliphatic heterocycles. The number of carbonyl (C=O) groups excluding carboxylic acids is 2. The number of hydrogen-bond acceptors (Lipinski definition) is 3. The van der Waals surface area contributed by atoms with Gasteiger partial charge in [0.25, 0.3) is 11.8 Å². The van der Waals surface area contributed by atoms with E-state index in [9.17, 15) is 9.59 Å². The summed E-state index contributed by atoms with van der Waals surface area (Å²) >= 11 is 0. The van der Waals surface area contributed by atoms with E-state index < -0.39 is 0 Å². The van der Waals surface area contributed by atoms with Crippen LogP contribution in [0.15, 0.2) is 60.7 Å². The first-order valence-electron chi connectivity index (χ1n) is 14.7. The lowest BCUT2D eigenvalue weighted by atomic mass is 9.84. The van der Waals surface area contributed by atoms with Crippen LogP contribution in [-0.4, -0.2) is 47.5 Å². The van der Waals surface area contributed by atoms with E-state index in [0.29, 0.717) is 42.9 Å². The van der Waals surface area contributed by atoms with Gasteiger partial charge in [-0.1, -0.05) is 49.6 Å². The lowest BCUT2D eigenvalue weighted by Crippen LogP contribution is -2.33. The first-order chi connectivity index (χ1) is 19.1. The lowest BCUT2D eigenvalue weighted by molar-refractivity contribution is 0.0940. The Morgan fingerprint density at radius 2 is 1.67 bits per heavy atom. The first kappa shape index (κ1) is 25.9. The van der Waals surface area contributed by atoms with E-state index in [4.69, 9.17) is 0 Å². The van der Waals surface area contributed by atoms with Gasteiger partial charge < -0.3 is 19.7 Å². The number of nitrogens with one attached hydrogen (secondary N) is 1. The Labute approximate surface area is 232 Å². The monoisotopic (exact) mass is 524 g/mol. The van der Waals surface area contributed by atoms with Gasteiger partial charge in [0, 0.05) is 29.5 Å². The minimum Gasteiger partial charge on any atom is -0.351 e. The quantitative estimate of drug-likeness (QED) is 0.433. The molecule has 1 aromatic heterocycles. The molecule has 1 saturated carbocycles. The summed E-state index contributed by atoms with van der Waals surface area (Å²) < 4.78 is 2.08. The Morgan fingerprint density at radius 3 is 2.44 bits per heavy atom. The highest BCUT2D eigenvalue weighted by Crippen LogP contribution is 2.34. The van der Waals surface area contributed by atoms with Crippen LogP contribution in [0.25, 0.3) is 0 Å². The number of hydrogen-bond donors (Lipinski definition) is 1. The van der Waals surface area contributed by atoms with Crippen LogP contribution in [0.5, 0.6) is 0 Å². The zero-order chi connectivity index (χ0) is 26.8. The molecule has 1 unspecified atom stereocenters. The maximum Gasteiger partial charge on any atom is 0.267 e. The maximum absolute atomic E-state index is 13.9. The number of fused-ring (bicyclic) bond motifs is 2. The van der Waals surface area contributed by atoms with Gasteiger partial charge in [-0.25, -0.2) is 0 Å². The molecule has 6 rings (SSSR count). The number of aromatic nitrogens is 1. The molecule has 6 heteroatoms. The molecule has 1 saturated heterocycles. The second-order valence-electron chi connectivity index (χ2n) is 11.6. The van der Waals surface area contributed by atoms with Crippen LogP contribution in [0.2, 0.25) is 0 Å². The first-order valence-corrected chi connectivity index (χ1v) is 14.7. The Kier molecular flexibility index (Phi) is 7.55. The third kappa shape index (κ3) is 5.40. The molecule has 1 N–H and O–H groups in total. The second kappa shape index (κ2) is 11.4. The van der Waals surface area contributed by atoms with Gasteiger partial charge in [-0.15, -0.1) is 0 Å². The van der Waals surface area contributed by atoms with E-state index in [-0.39, 0.29) is 11.8 Å². The molecule has 0 spiro atoms. The van der Waals surface area contributed by atoms with Crippen LogP contribution in [-0.2, 0) is 13.1 Å². The highest BCUT2D eigenvalue weighted by Gasteiger charge is 2.28. The van der Waals surface area contributed by atoms with Crippen LogP contribution in [0.3, 0.4) is 0 Å². The zero-order valence-electron chi connectivity index (χ0n) is 23.1. The normalized spacial score (nSPS) is 19.8. The molecular formula is C33H40N4O2. The van der Waals surface area contributed by atoms with Crippen molar-refractivity contribution >= 4 is 17.5 Å². The summed E-state index contributed by atoms with van der Waals surface area (Å²) in [6.07, 6.45) is 9.85. The lowest BCUT2D eigenvalue weighted by Gasteiger charge is -2.24. The van der Waals surface area contributed by atoms with Crippen LogP contribution < -0.4 is 10.2 Å². The Bertz CT molecular complexity index is 1320. The number of para-hydroxylation sites is 1. The third-order valence-corrected chi connectivity index (χ3v) is 9.15. The largest absolute Gasteiger partial charge is 0.351 e. The van der Waals surface area contributed by atoms with Gasteiger partial charge in [0.1, 0.15) is 5.69 Å². The van der Waals surface area contributed by atoms with Crippen molar-refractivity contribution in [2.24, 2.45) is 0 Å². The highest BCUT2D eigenvalue weighted by molar-refractivity contribution is 6.06. The number of carbonyl (C=O) groups is 2. The Hall–Kier alpha value is -3.38. The standard InChI is InChI=1S/C33H40N4O2/c1-35-21-7-11-28(35)19-20-34-32(38)31-18-17-29-23-37(30-12-6-5-10-27(30)22-36(29)31)33(39)26-15-13-25(14-16-26)24-8-3-2-4-9-24/h5-6,10,12-18,24,28H,2-4,7-9,11,19-23H2,1H3,(H,34,38). The minimum absolute atomic E-state index is 0.000945. The van der Waals surface area contributed by atoms with Gasteiger partial charge in [-0.05, 0) is 93.1 Å². The number of nitrogens with zero attached hydrogens (tertiary/aromatic N) is 3. The van der Waals surface area contributed by atoms with Gasteiger partial charge in [-0.2, -0.15) is 0 Å². The van der Waals surface area contributed by atoms with E-state index in [1.807, 2.05) is 47.4 Å². The minimum atomic E-state index is -0.0440. The summed E-state index contributed by atoms with van der Waals surface area (Å²) in [7, 11) is 2.17. The van der Waals surface area contributed by atoms with Crippen molar-refractivity contribution < 1.29 is 9.59 Å². The van der Waals surface area contributed by atoms with Crippen LogP contribution >= 0.6 is 0 Å². The smallest absolute Gasteiger partial charge is 0.267 e. The molecular weight excluding hydrogens is 484 g/mol. The van der Waals surface area contributed by atoms with Crippen molar-refractivity contribution in [3.63, 3.8) is 0 Å². The summed E-state index contributed by atoms with van der Waals surface area (Å²) in [5.41, 5.74) is 5.65. The molecule has 2 amide bonds. The SMILES string of the molecule is CN1CCCC1CCNC(=O)c1ccc2n1Cc1ccccc1N(C(=O)c1ccc(C3CCCCC3)cc1)C2. The van der Waals surface area contributed by atoms with Crippen LogP contribution in [0.1, 0.15) is 95.0 Å². The van der Waals surface area contributed by atoms with Gasteiger partial charge >= 0.3 is 0 Å². The van der Waals surface area contributed by atoms with Crippen molar-refractivity contribution in [2.75, 3.05) is 25.0 Å². The van der Waals surface area contributed by atoms with E-state index in [2.05, 4.69) is 40.0 Å². The fraction of sp³-hybridized carbons (Fsp3) is 0.455. The molecule has 2 aromatic carbocycles. The molecule has 2 fully saturated rings. The number of likely N-dealkylation sites (tertiary alicyclic amines) is 1. The van der Waals surface area contributed by atoms with E-state index >= 15 is 0 Å². The fourth-order valence-electron chi connectivity index (χ4n) is 6.82. The average Bonchev–Trinajstić information content (AvgIpc) is 3.53. The van der Waals surface area contributed by atoms with Gasteiger partial charge in [-0.3, -0.25) is 9.59 Å². The van der Waals surface area contributed by atoms with E-state index in [1.54, 1.807) is 0 Å². The van der Waals surface area contributed by atoms with E-state index in [1.165, 1.54) is 50.5 Å². The molecule has 0 bridgehead atoms. The van der Waals surface area contributed by atoms with Gasteiger partial charge in [0.15, 0.2) is 0 Å². The molecule has 3 heterocycles. The molecule has 0 radical (unpaired) electrons. The van der Waals surface area contributed by atoms with Crippen LogP contribution in [0.4, 0.5) is 5.69 Å². The van der Waals surface area contributed by atoms with Crippen molar-refractivity contribution in [3.8, 4) is 0 Å². The van der Waals surface area contributed by atoms with Gasteiger partial charge in [0.2, 0.25) is 0 Å². The topological polar surface area (TPSA) is 57.6 Å². The van der Waals surface area contributed by atoms with Crippen molar-refractivity contribution in [1.29, 1.82) is 0 Å². The molecule has 3 aliphatic rings. The number of rotatable bonds is 6. The molecule has 39 heavy (non-hydrogen) atoms. The Balaban J connectivity index is 1.21. The summed E-state index contributed by atoms with van der Waals surface area (Å²) in [6, 6.07) is 20.8. The molecule has 6 nitrogen and oxygen atoms in total. The van der Waals surface area contributed by atoms with Crippen molar-refractivity contribution in [3.05, 3.63) is 88.7 Å². The number of anilines is 1. The maximum atomic E-state index is 13.9. The summed E-state index contributed by atoms with van der Waals surface area (Å²) in [5, 5.41) is 3.15. The summed E-state index contributed by atoms with van der Waals surface area (Å²) in [5.74, 6) is 0.574. The second-order valence-corrected chi connectivity index (χ2v) is 11.6. The average molecular weight is 525 g/mol. The number of amides is 2. The predicted octanol–water partition coefficient (Wildman–Crippen LogP) is 5.96. The van der Waals surface area contributed by atoms with Gasteiger partial charge in [0.05, 0.1) is 13.1 Å².